The highest BCUT2D eigenvalue weighted by molar-refractivity contribution is 7.98. The fraction of sp³-hybridized carbons (Fsp3) is 0.455. The maximum Gasteiger partial charge on any atom is 0.237 e. The number of thioether (sulfide) groups is 1. The molecule has 0 aliphatic carbocycles. The van der Waals surface area contributed by atoms with Crippen molar-refractivity contribution >= 4 is 17.7 Å². The number of hydrogen-bond donors (Lipinski definition) is 2. The van der Waals surface area contributed by atoms with Crippen LogP contribution in [0.25, 0.3) is 0 Å². The van der Waals surface area contributed by atoms with Gasteiger partial charge in [-0.2, -0.15) is 11.8 Å². The number of aromatic nitrogens is 1. The Bertz CT molecular complexity index is 318. The number of nitrogens with two attached hydrogens (primary N) is 1. The highest BCUT2D eigenvalue weighted by Crippen LogP contribution is 1.99. The molecule has 1 amide bonds. The van der Waals surface area contributed by atoms with Gasteiger partial charge in [-0.05, 0) is 30.1 Å². The summed E-state index contributed by atoms with van der Waals surface area (Å²) in [6.07, 6.45) is 6.14. The Kier molecular flexibility index (Phi) is 5.88. The Morgan fingerprint density at radius 2 is 2.50 bits per heavy atom. The lowest BCUT2D eigenvalue weighted by molar-refractivity contribution is -0.122. The summed E-state index contributed by atoms with van der Waals surface area (Å²) in [7, 11) is 0. The van der Waals surface area contributed by atoms with Crippen molar-refractivity contribution in [2.24, 2.45) is 5.73 Å². The van der Waals surface area contributed by atoms with Gasteiger partial charge in [0.05, 0.1) is 6.04 Å². The molecule has 0 spiro atoms. The Morgan fingerprint density at radius 3 is 3.12 bits per heavy atom. The molecule has 16 heavy (non-hydrogen) atoms. The van der Waals surface area contributed by atoms with Gasteiger partial charge in [0.25, 0.3) is 0 Å². The molecule has 0 radical (unpaired) electrons. The van der Waals surface area contributed by atoms with E-state index in [0.29, 0.717) is 13.0 Å². The van der Waals surface area contributed by atoms with Gasteiger partial charge >= 0.3 is 0 Å². The quantitative estimate of drug-likeness (QED) is 0.769. The topological polar surface area (TPSA) is 68.0 Å². The number of rotatable bonds is 6. The van der Waals surface area contributed by atoms with Gasteiger partial charge in [-0.3, -0.25) is 9.78 Å². The van der Waals surface area contributed by atoms with Gasteiger partial charge in [-0.15, -0.1) is 0 Å². The van der Waals surface area contributed by atoms with E-state index in [1.807, 2.05) is 18.4 Å². The summed E-state index contributed by atoms with van der Waals surface area (Å²) in [5.41, 5.74) is 6.71. The normalized spacial score (nSPS) is 12.1. The van der Waals surface area contributed by atoms with Gasteiger partial charge in [0, 0.05) is 18.9 Å². The molecule has 4 nitrogen and oxygen atoms in total. The summed E-state index contributed by atoms with van der Waals surface area (Å²) < 4.78 is 0. The number of hydrogen-bond acceptors (Lipinski definition) is 4. The lowest BCUT2D eigenvalue weighted by Gasteiger charge is -2.11. The molecule has 0 saturated heterocycles. The lowest BCUT2D eigenvalue weighted by Crippen LogP contribution is -2.40. The molecule has 1 aromatic rings. The first-order valence-electron chi connectivity index (χ1n) is 5.15. The predicted octanol–water partition coefficient (Wildman–Crippen LogP) is 0.778. The predicted molar refractivity (Wildman–Crippen MR) is 67.1 cm³/mol. The molecule has 0 bridgehead atoms. The minimum absolute atomic E-state index is 0.0992. The second kappa shape index (κ2) is 7.24. The smallest absolute Gasteiger partial charge is 0.237 e. The van der Waals surface area contributed by atoms with Gasteiger partial charge in [0.2, 0.25) is 5.91 Å². The van der Waals surface area contributed by atoms with Crippen LogP contribution in [0.3, 0.4) is 0 Å². The Balaban J connectivity index is 2.29. The van der Waals surface area contributed by atoms with Crippen LogP contribution in [0.2, 0.25) is 0 Å². The van der Waals surface area contributed by atoms with E-state index in [2.05, 4.69) is 10.3 Å². The van der Waals surface area contributed by atoms with E-state index in [4.69, 9.17) is 5.73 Å². The van der Waals surface area contributed by atoms with Gasteiger partial charge in [0.1, 0.15) is 0 Å². The molecule has 1 heterocycles. The largest absolute Gasteiger partial charge is 0.351 e. The monoisotopic (exact) mass is 239 g/mol. The number of amides is 1. The zero-order valence-corrected chi connectivity index (χ0v) is 10.2. The minimum Gasteiger partial charge on any atom is -0.351 e. The van der Waals surface area contributed by atoms with Crippen LogP contribution in [0.4, 0.5) is 0 Å². The molecule has 3 N–H and O–H groups in total. The Morgan fingerprint density at radius 1 is 1.69 bits per heavy atom. The third kappa shape index (κ3) is 4.63. The van der Waals surface area contributed by atoms with Crippen molar-refractivity contribution in [3.8, 4) is 0 Å². The SMILES string of the molecule is CSCC[C@H](N)C(=O)NCc1cccnc1. The molecule has 1 atom stereocenters. The second-order valence-electron chi connectivity index (χ2n) is 3.47. The second-order valence-corrected chi connectivity index (χ2v) is 4.45. The van der Waals surface area contributed by atoms with E-state index < -0.39 is 6.04 Å². The van der Waals surface area contributed by atoms with Crippen LogP contribution in [0.15, 0.2) is 24.5 Å². The number of carbonyl (C=O) groups excluding carboxylic acids is 1. The van der Waals surface area contributed by atoms with Crippen molar-refractivity contribution in [2.45, 2.75) is 19.0 Å². The molecule has 0 saturated carbocycles. The molecule has 1 rings (SSSR count). The average molecular weight is 239 g/mol. The Hall–Kier alpha value is -1.07. The Labute approximate surface area is 100 Å². The summed E-state index contributed by atoms with van der Waals surface area (Å²) in [5.74, 6) is 0.805. The van der Waals surface area contributed by atoms with E-state index in [1.165, 1.54) is 0 Å². The van der Waals surface area contributed by atoms with Crippen LogP contribution in [0, 0.1) is 0 Å². The molecule has 0 aromatic carbocycles. The van der Waals surface area contributed by atoms with E-state index in [9.17, 15) is 4.79 Å². The van der Waals surface area contributed by atoms with Crippen molar-refractivity contribution in [2.75, 3.05) is 12.0 Å². The fourth-order valence-corrected chi connectivity index (χ4v) is 1.69. The van der Waals surface area contributed by atoms with Crippen molar-refractivity contribution in [1.29, 1.82) is 0 Å². The third-order valence-electron chi connectivity index (χ3n) is 2.16. The average Bonchev–Trinajstić information content (AvgIpc) is 2.34. The summed E-state index contributed by atoms with van der Waals surface area (Å²) in [4.78, 5) is 15.5. The summed E-state index contributed by atoms with van der Waals surface area (Å²) >= 11 is 1.69. The lowest BCUT2D eigenvalue weighted by atomic mass is 10.2. The molecule has 1 aromatic heterocycles. The van der Waals surface area contributed by atoms with Gasteiger partial charge in [0.15, 0.2) is 0 Å². The van der Waals surface area contributed by atoms with Crippen LogP contribution in [-0.2, 0) is 11.3 Å². The zero-order chi connectivity index (χ0) is 11.8. The van der Waals surface area contributed by atoms with Crippen molar-refractivity contribution in [3.05, 3.63) is 30.1 Å². The molecule has 5 heteroatoms. The standard InChI is InChI=1S/C11H17N3OS/c1-16-6-4-10(12)11(15)14-8-9-3-2-5-13-7-9/h2-3,5,7,10H,4,6,8,12H2,1H3,(H,14,15)/t10-/m0/s1. The van der Waals surface area contributed by atoms with Crippen molar-refractivity contribution < 1.29 is 4.79 Å². The molecule has 88 valence electrons. The number of pyridine rings is 1. The highest BCUT2D eigenvalue weighted by atomic mass is 32.2. The first kappa shape index (κ1) is 13.0. The van der Waals surface area contributed by atoms with Crippen LogP contribution in [-0.4, -0.2) is 28.9 Å². The van der Waals surface area contributed by atoms with Crippen molar-refractivity contribution in [1.82, 2.24) is 10.3 Å². The third-order valence-corrected chi connectivity index (χ3v) is 2.80. The molecule has 0 unspecified atom stereocenters. The number of nitrogens with zero attached hydrogens (tertiary/aromatic N) is 1. The number of carbonyl (C=O) groups is 1. The summed E-state index contributed by atoms with van der Waals surface area (Å²) in [5, 5.41) is 2.79. The van der Waals surface area contributed by atoms with E-state index in [1.54, 1.807) is 24.2 Å². The molecule has 0 fully saturated rings. The van der Waals surface area contributed by atoms with Gasteiger partial charge in [-0.25, -0.2) is 0 Å². The number of nitrogens with one attached hydrogen (secondary N) is 1. The summed E-state index contributed by atoms with van der Waals surface area (Å²) in [6.45, 7) is 0.486. The van der Waals surface area contributed by atoms with E-state index in [0.717, 1.165) is 11.3 Å². The van der Waals surface area contributed by atoms with Crippen LogP contribution in [0.5, 0.6) is 0 Å². The first-order chi connectivity index (χ1) is 7.74. The first-order valence-corrected chi connectivity index (χ1v) is 6.54. The zero-order valence-electron chi connectivity index (χ0n) is 9.35. The molecular weight excluding hydrogens is 222 g/mol. The summed E-state index contributed by atoms with van der Waals surface area (Å²) in [6, 6.07) is 3.35. The van der Waals surface area contributed by atoms with Crippen LogP contribution < -0.4 is 11.1 Å². The molecule has 0 aliphatic rings. The highest BCUT2D eigenvalue weighted by Gasteiger charge is 2.11. The molecule has 0 aliphatic heterocycles. The van der Waals surface area contributed by atoms with E-state index in [-0.39, 0.29) is 5.91 Å². The minimum atomic E-state index is -0.413. The van der Waals surface area contributed by atoms with Gasteiger partial charge in [-0.1, -0.05) is 6.07 Å². The van der Waals surface area contributed by atoms with Crippen LogP contribution >= 0.6 is 11.8 Å². The van der Waals surface area contributed by atoms with E-state index >= 15 is 0 Å². The maximum atomic E-state index is 11.6. The van der Waals surface area contributed by atoms with Crippen molar-refractivity contribution in [3.63, 3.8) is 0 Å². The van der Waals surface area contributed by atoms with Gasteiger partial charge < -0.3 is 11.1 Å². The maximum absolute atomic E-state index is 11.6. The fourth-order valence-electron chi connectivity index (χ4n) is 1.20. The van der Waals surface area contributed by atoms with Crippen LogP contribution in [0.1, 0.15) is 12.0 Å². The molecular formula is C11H17N3OS.